The molecule has 106 valence electrons. The third kappa shape index (κ3) is 4.22. The zero-order valence-corrected chi connectivity index (χ0v) is 12.9. The number of hydrogen-bond donors (Lipinski definition) is 1. The molecule has 1 heterocycles. The first-order valence-corrected chi connectivity index (χ1v) is 7.63. The van der Waals surface area contributed by atoms with E-state index < -0.39 is 0 Å². The Labute approximate surface area is 118 Å². The van der Waals surface area contributed by atoms with Crippen molar-refractivity contribution in [3.05, 3.63) is 24.0 Å². The molecule has 1 N–H and O–H groups in total. The lowest BCUT2D eigenvalue weighted by Gasteiger charge is -2.29. The quantitative estimate of drug-likeness (QED) is 0.773. The number of pyridine rings is 1. The molecule has 1 aliphatic rings. The van der Waals surface area contributed by atoms with E-state index in [1.165, 1.54) is 43.4 Å². The molecule has 0 aliphatic heterocycles. The van der Waals surface area contributed by atoms with Crippen LogP contribution in [0.1, 0.15) is 58.4 Å². The molecular weight excluding hydrogens is 232 g/mol. The van der Waals surface area contributed by atoms with Crippen molar-refractivity contribution < 1.29 is 0 Å². The van der Waals surface area contributed by atoms with Crippen LogP contribution < -0.4 is 5.32 Å². The molecule has 1 aromatic heterocycles. The third-order valence-electron chi connectivity index (χ3n) is 4.44. The number of nitrogens with zero attached hydrogens (tertiary/aromatic N) is 1. The number of nitrogens with one attached hydrogen (secondary N) is 1. The average molecular weight is 260 g/mol. The minimum absolute atomic E-state index is 0.458. The van der Waals surface area contributed by atoms with E-state index in [9.17, 15) is 0 Å². The van der Waals surface area contributed by atoms with E-state index in [1.54, 1.807) is 0 Å². The fraction of sp³-hybridized carbons (Fsp3) is 0.706. The molecular formula is C17H28N2. The first-order valence-electron chi connectivity index (χ1n) is 7.63. The van der Waals surface area contributed by atoms with Crippen LogP contribution in [0.4, 0.5) is 5.69 Å². The number of hydrogen-bond acceptors (Lipinski definition) is 2. The Bertz CT molecular complexity index is 406. The average Bonchev–Trinajstić information content (AvgIpc) is 2.54. The molecule has 2 heteroatoms. The van der Waals surface area contributed by atoms with Crippen molar-refractivity contribution in [3.8, 4) is 0 Å². The van der Waals surface area contributed by atoms with Gasteiger partial charge in [-0.3, -0.25) is 4.98 Å². The third-order valence-corrected chi connectivity index (χ3v) is 4.44. The Morgan fingerprint density at radius 3 is 2.58 bits per heavy atom. The molecule has 19 heavy (non-hydrogen) atoms. The smallest absolute Gasteiger partial charge is 0.0531 e. The van der Waals surface area contributed by atoms with Crippen LogP contribution in [-0.4, -0.2) is 11.0 Å². The van der Waals surface area contributed by atoms with Gasteiger partial charge in [0.1, 0.15) is 0 Å². The molecule has 0 bridgehead atoms. The summed E-state index contributed by atoms with van der Waals surface area (Å²) in [7, 11) is 0. The van der Waals surface area contributed by atoms with E-state index in [0.29, 0.717) is 11.5 Å². The Balaban J connectivity index is 1.93. The van der Waals surface area contributed by atoms with Crippen LogP contribution >= 0.6 is 0 Å². The van der Waals surface area contributed by atoms with Crippen molar-refractivity contribution in [2.45, 2.75) is 65.8 Å². The SMILES string of the molecule is Cc1cncc(NC2CCCC(C(C)(C)C)CC2)c1. The second kappa shape index (κ2) is 5.94. The molecule has 2 unspecified atom stereocenters. The maximum Gasteiger partial charge on any atom is 0.0531 e. The van der Waals surface area contributed by atoms with Crippen LogP contribution in [0, 0.1) is 18.3 Å². The fourth-order valence-corrected chi connectivity index (χ4v) is 3.18. The Kier molecular flexibility index (Phi) is 4.49. The zero-order chi connectivity index (χ0) is 13.9. The van der Waals surface area contributed by atoms with Crippen LogP contribution in [-0.2, 0) is 0 Å². The highest BCUT2D eigenvalue weighted by atomic mass is 14.9. The van der Waals surface area contributed by atoms with Crippen LogP contribution in [0.3, 0.4) is 0 Å². The molecule has 0 amide bonds. The minimum Gasteiger partial charge on any atom is -0.381 e. The van der Waals surface area contributed by atoms with Crippen LogP contribution in [0.25, 0.3) is 0 Å². The van der Waals surface area contributed by atoms with Gasteiger partial charge in [0.25, 0.3) is 0 Å². The van der Waals surface area contributed by atoms with E-state index in [4.69, 9.17) is 0 Å². The molecule has 1 saturated carbocycles. The van der Waals surface area contributed by atoms with Gasteiger partial charge in [-0.25, -0.2) is 0 Å². The second-order valence-electron chi connectivity index (χ2n) is 7.16. The molecule has 1 aromatic rings. The van der Waals surface area contributed by atoms with Crippen LogP contribution in [0.5, 0.6) is 0 Å². The normalized spacial score (nSPS) is 24.8. The largest absolute Gasteiger partial charge is 0.381 e. The number of anilines is 1. The lowest BCUT2D eigenvalue weighted by Crippen LogP contribution is -2.21. The minimum atomic E-state index is 0.458. The van der Waals surface area contributed by atoms with Gasteiger partial charge in [-0.05, 0) is 55.6 Å². The number of aromatic nitrogens is 1. The van der Waals surface area contributed by atoms with Gasteiger partial charge in [0.05, 0.1) is 5.69 Å². The molecule has 0 radical (unpaired) electrons. The molecule has 1 aliphatic carbocycles. The van der Waals surface area contributed by atoms with Gasteiger partial charge in [0.2, 0.25) is 0 Å². The highest BCUT2D eigenvalue weighted by Crippen LogP contribution is 2.37. The summed E-state index contributed by atoms with van der Waals surface area (Å²) >= 11 is 0. The summed E-state index contributed by atoms with van der Waals surface area (Å²) in [6.07, 6.45) is 10.5. The standard InChI is InChI=1S/C17H28N2/c1-13-10-16(12-18-11-13)19-15-7-5-6-14(8-9-15)17(2,3)4/h10-12,14-15,19H,5-9H2,1-4H3. The van der Waals surface area contributed by atoms with Gasteiger partial charge in [0.15, 0.2) is 0 Å². The molecule has 0 aromatic carbocycles. The maximum absolute atomic E-state index is 4.26. The Morgan fingerprint density at radius 1 is 1.11 bits per heavy atom. The molecule has 2 nitrogen and oxygen atoms in total. The fourth-order valence-electron chi connectivity index (χ4n) is 3.18. The summed E-state index contributed by atoms with van der Waals surface area (Å²) in [6.45, 7) is 9.25. The van der Waals surface area contributed by atoms with Gasteiger partial charge < -0.3 is 5.32 Å². The van der Waals surface area contributed by atoms with E-state index in [-0.39, 0.29) is 0 Å². The van der Waals surface area contributed by atoms with Crippen molar-refractivity contribution in [2.24, 2.45) is 11.3 Å². The molecule has 2 atom stereocenters. The summed E-state index contributed by atoms with van der Waals surface area (Å²) in [5.74, 6) is 0.870. The van der Waals surface area contributed by atoms with Gasteiger partial charge in [-0.2, -0.15) is 0 Å². The maximum atomic E-state index is 4.26. The molecule has 0 spiro atoms. The lowest BCUT2D eigenvalue weighted by atomic mass is 9.76. The van der Waals surface area contributed by atoms with Crippen LogP contribution in [0.15, 0.2) is 18.5 Å². The highest BCUT2D eigenvalue weighted by Gasteiger charge is 2.27. The van der Waals surface area contributed by atoms with E-state index in [1.807, 2.05) is 12.4 Å². The van der Waals surface area contributed by atoms with Crippen molar-refractivity contribution in [3.63, 3.8) is 0 Å². The Hall–Kier alpha value is -1.05. The monoisotopic (exact) mass is 260 g/mol. The first kappa shape index (κ1) is 14.4. The highest BCUT2D eigenvalue weighted by molar-refractivity contribution is 5.43. The summed E-state index contributed by atoms with van der Waals surface area (Å²) in [4.78, 5) is 4.26. The molecule has 1 fully saturated rings. The second-order valence-corrected chi connectivity index (χ2v) is 7.16. The molecule has 0 saturated heterocycles. The van der Waals surface area contributed by atoms with Crippen LogP contribution in [0.2, 0.25) is 0 Å². The van der Waals surface area contributed by atoms with Crippen molar-refractivity contribution in [1.82, 2.24) is 4.98 Å². The van der Waals surface area contributed by atoms with Gasteiger partial charge in [-0.1, -0.05) is 27.2 Å². The predicted octanol–water partition coefficient (Wildman–Crippen LogP) is 4.80. The number of rotatable bonds is 2. The van der Waals surface area contributed by atoms with E-state index in [0.717, 1.165) is 5.92 Å². The first-order chi connectivity index (χ1) is 8.95. The Morgan fingerprint density at radius 2 is 1.89 bits per heavy atom. The van der Waals surface area contributed by atoms with Gasteiger partial charge >= 0.3 is 0 Å². The van der Waals surface area contributed by atoms with Crippen molar-refractivity contribution in [2.75, 3.05) is 5.32 Å². The predicted molar refractivity (Wildman–Crippen MR) is 82.4 cm³/mol. The topological polar surface area (TPSA) is 24.9 Å². The molecule has 2 rings (SSSR count). The number of aryl methyl sites for hydroxylation is 1. The summed E-state index contributed by atoms with van der Waals surface area (Å²) in [6, 6.07) is 2.81. The van der Waals surface area contributed by atoms with Crippen molar-refractivity contribution >= 4 is 5.69 Å². The summed E-state index contributed by atoms with van der Waals surface area (Å²) < 4.78 is 0. The zero-order valence-electron chi connectivity index (χ0n) is 12.9. The van der Waals surface area contributed by atoms with E-state index in [2.05, 4.69) is 44.1 Å². The van der Waals surface area contributed by atoms with Gasteiger partial charge in [-0.15, -0.1) is 0 Å². The van der Waals surface area contributed by atoms with Crippen molar-refractivity contribution in [1.29, 1.82) is 0 Å². The van der Waals surface area contributed by atoms with E-state index >= 15 is 0 Å². The summed E-state index contributed by atoms with van der Waals surface area (Å²) in [5.41, 5.74) is 2.87. The summed E-state index contributed by atoms with van der Waals surface area (Å²) in [5, 5.41) is 3.67. The lowest BCUT2D eigenvalue weighted by molar-refractivity contribution is 0.214. The van der Waals surface area contributed by atoms with Gasteiger partial charge in [0, 0.05) is 18.4 Å².